The molecule has 1 aromatic carbocycles. The second-order valence-corrected chi connectivity index (χ2v) is 11.1. The van der Waals surface area contributed by atoms with Gasteiger partial charge in [-0.1, -0.05) is 17.2 Å². The molecule has 0 radical (unpaired) electrons. The quantitative estimate of drug-likeness (QED) is 0.381. The van der Waals surface area contributed by atoms with Crippen LogP contribution in [0.15, 0.2) is 59.3 Å². The fraction of sp³-hybridized carbons (Fsp3) is 0.333. The highest BCUT2D eigenvalue weighted by Crippen LogP contribution is 2.45. The monoisotopic (exact) mass is 518 g/mol. The zero-order chi connectivity index (χ0) is 24.6. The van der Waals surface area contributed by atoms with E-state index in [-0.39, 0.29) is 42.2 Å². The van der Waals surface area contributed by atoms with Gasteiger partial charge in [-0.05, 0) is 60.9 Å². The zero-order valence-electron chi connectivity index (χ0n) is 18.8. The largest absolute Gasteiger partial charge is 0.394 e. The first kappa shape index (κ1) is 24.1. The van der Waals surface area contributed by atoms with Crippen LogP contribution in [0.4, 0.5) is 4.39 Å². The SMILES string of the molecule is O=S(=O)(c1ccc(Cl)nc1)N1CCC2=Cc3c(cnn3-c3ccc(F)cc3)C[C@]2(COCCO)C1. The minimum absolute atomic E-state index is 0.0846. The van der Waals surface area contributed by atoms with E-state index in [2.05, 4.69) is 10.1 Å². The highest BCUT2D eigenvalue weighted by molar-refractivity contribution is 7.89. The van der Waals surface area contributed by atoms with Crippen LogP contribution in [0.25, 0.3) is 11.8 Å². The van der Waals surface area contributed by atoms with Crippen LogP contribution >= 0.6 is 11.6 Å². The number of rotatable bonds is 7. The van der Waals surface area contributed by atoms with E-state index in [1.54, 1.807) is 23.0 Å². The van der Waals surface area contributed by atoms with Gasteiger partial charge >= 0.3 is 0 Å². The van der Waals surface area contributed by atoms with Crippen molar-refractivity contribution in [3.63, 3.8) is 0 Å². The molecule has 1 aliphatic heterocycles. The summed E-state index contributed by atoms with van der Waals surface area (Å²) in [7, 11) is -3.79. The summed E-state index contributed by atoms with van der Waals surface area (Å²) in [4.78, 5) is 4.01. The first-order valence-corrected chi connectivity index (χ1v) is 13.0. The second-order valence-electron chi connectivity index (χ2n) is 8.75. The third-order valence-corrected chi connectivity index (χ3v) is 8.59. The molecule has 0 amide bonds. The third kappa shape index (κ3) is 4.52. The van der Waals surface area contributed by atoms with E-state index in [1.165, 1.54) is 34.8 Å². The molecule has 35 heavy (non-hydrogen) atoms. The molecular weight excluding hydrogens is 495 g/mol. The summed E-state index contributed by atoms with van der Waals surface area (Å²) in [6.07, 6.45) is 6.10. The standard InChI is InChI=1S/C24H24ClFN4O4S/c25-23-6-5-21(14-27-23)35(32,33)29-8-7-18-11-22-17(12-24(18,15-29)16-34-10-9-31)13-28-30(22)20-3-1-19(26)2-4-20/h1-6,11,13-14,31H,7-10,12,15-16H2/t24-/m1/s1. The molecule has 1 N–H and O–H groups in total. The van der Waals surface area contributed by atoms with Gasteiger partial charge in [-0.3, -0.25) is 0 Å². The van der Waals surface area contributed by atoms with Gasteiger partial charge in [0.25, 0.3) is 0 Å². The Labute approximate surface area is 207 Å². The maximum atomic E-state index is 13.4. The topological polar surface area (TPSA) is 97.6 Å². The van der Waals surface area contributed by atoms with Crippen LogP contribution in [0, 0.1) is 11.2 Å². The summed E-state index contributed by atoms with van der Waals surface area (Å²) in [5.41, 5.74) is 3.03. The van der Waals surface area contributed by atoms with E-state index < -0.39 is 15.4 Å². The van der Waals surface area contributed by atoms with Gasteiger partial charge < -0.3 is 9.84 Å². The number of aromatic nitrogens is 3. The van der Waals surface area contributed by atoms with E-state index in [0.29, 0.717) is 19.4 Å². The van der Waals surface area contributed by atoms with Gasteiger partial charge in [0, 0.05) is 24.7 Å². The van der Waals surface area contributed by atoms with Crippen LogP contribution in [0.2, 0.25) is 5.15 Å². The predicted molar refractivity (Wildman–Crippen MR) is 128 cm³/mol. The summed E-state index contributed by atoms with van der Waals surface area (Å²) in [5, 5.41) is 14.0. The first-order valence-electron chi connectivity index (χ1n) is 11.2. The van der Waals surface area contributed by atoms with E-state index in [4.69, 9.17) is 16.3 Å². The van der Waals surface area contributed by atoms with Gasteiger partial charge in [0.1, 0.15) is 15.9 Å². The number of aliphatic hydroxyl groups excluding tert-OH is 1. The normalized spacial score (nSPS) is 20.3. The Bertz CT molecular complexity index is 1360. The lowest BCUT2D eigenvalue weighted by atomic mass is 9.69. The number of fused-ring (bicyclic) bond motifs is 2. The summed E-state index contributed by atoms with van der Waals surface area (Å²) < 4.78 is 49.2. The minimum atomic E-state index is -3.79. The fourth-order valence-electron chi connectivity index (χ4n) is 4.81. The second kappa shape index (κ2) is 9.44. The molecule has 0 spiro atoms. The Kier molecular flexibility index (Phi) is 6.49. The van der Waals surface area contributed by atoms with Crippen molar-refractivity contribution >= 4 is 27.7 Å². The number of hydrogen-bond acceptors (Lipinski definition) is 6. The van der Waals surface area contributed by atoms with Crippen molar-refractivity contribution in [3.8, 4) is 5.69 Å². The molecule has 0 saturated carbocycles. The van der Waals surface area contributed by atoms with Crippen LogP contribution in [-0.4, -0.2) is 65.5 Å². The molecule has 0 unspecified atom stereocenters. The molecule has 3 aromatic rings. The van der Waals surface area contributed by atoms with E-state index in [9.17, 15) is 17.9 Å². The number of benzene rings is 1. The lowest BCUT2D eigenvalue weighted by Crippen LogP contribution is -2.51. The van der Waals surface area contributed by atoms with Crippen LogP contribution in [0.3, 0.4) is 0 Å². The highest BCUT2D eigenvalue weighted by Gasteiger charge is 2.46. The summed E-state index contributed by atoms with van der Waals surface area (Å²) in [6.45, 7) is 0.812. The number of piperidine rings is 1. The molecule has 5 rings (SSSR count). The molecule has 11 heteroatoms. The van der Waals surface area contributed by atoms with Gasteiger partial charge in [0.15, 0.2) is 0 Å². The number of ether oxygens (including phenoxy) is 1. The van der Waals surface area contributed by atoms with Crippen molar-refractivity contribution in [2.24, 2.45) is 5.41 Å². The minimum Gasteiger partial charge on any atom is -0.394 e. The van der Waals surface area contributed by atoms with Crippen LogP contribution in [0.5, 0.6) is 0 Å². The summed E-state index contributed by atoms with van der Waals surface area (Å²) in [5.74, 6) is -0.322. The molecule has 1 fully saturated rings. The number of aliphatic hydroxyl groups is 1. The molecular formula is C24H24ClFN4O4S. The van der Waals surface area contributed by atoms with Crippen LogP contribution < -0.4 is 0 Å². The Morgan fingerprint density at radius 3 is 2.69 bits per heavy atom. The average Bonchev–Trinajstić information content (AvgIpc) is 3.25. The van der Waals surface area contributed by atoms with Gasteiger partial charge in [-0.15, -0.1) is 0 Å². The molecule has 3 heterocycles. The molecule has 8 nitrogen and oxygen atoms in total. The predicted octanol–water partition coefficient (Wildman–Crippen LogP) is 3.09. The van der Waals surface area contributed by atoms with Crippen LogP contribution in [0.1, 0.15) is 17.7 Å². The average molecular weight is 519 g/mol. The van der Waals surface area contributed by atoms with Crippen molar-refractivity contribution in [2.75, 3.05) is 32.9 Å². The first-order chi connectivity index (χ1) is 16.8. The smallest absolute Gasteiger partial charge is 0.244 e. The van der Waals surface area contributed by atoms with Gasteiger partial charge in [0.05, 0.1) is 37.4 Å². The molecule has 184 valence electrons. The van der Waals surface area contributed by atoms with Crippen molar-refractivity contribution in [1.29, 1.82) is 0 Å². The Morgan fingerprint density at radius 1 is 1.17 bits per heavy atom. The summed E-state index contributed by atoms with van der Waals surface area (Å²) >= 11 is 5.84. The van der Waals surface area contributed by atoms with Crippen LogP contribution in [-0.2, 0) is 21.2 Å². The molecule has 1 saturated heterocycles. The maximum absolute atomic E-state index is 13.4. The molecule has 1 aliphatic carbocycles. The van der Waals surface area contributed by atoms with Crippen molar-refractivity contribution in [1.82, 2.24) is 19.1 Å². The van der Waals surface area contributed by atoms with Gasteiger partial charge in [-0.25, -0.2) is 22.5 Å². The lowest BCUT2D eigenvalue weighted by Gasteiger charge is -2.45. The lowest BCUT2D eigenvalue weighted by molar-refractivity contribution is 0.0236. The van der Waals surface area contributed by atoms with Gasteiger partial charge in [0.2, 0.25) is 10.0 Å². The van der Waals surface area contributed by atoms with Crippen molar-refractivity contribution < 1.29 is 22.7 Å². The number of nitrogens with zero attached hydrogens (tertiary/aromatic N) is 4. The van der Waals surface area contributed by atoms with E-state index in [0.717, 1.165) is 22.5 Å². The highest BCUT2D eigenvalue weighted by atomic mass is 35.5. The fourth-order valence-corrected chi connectivity index (χ4v) is 6.40. The Morgan fingerprint density at radius 2 is 1.97 bits per heavy atom. The molecule has 1 atom stereocenters. The Hall–Kier alpha value is -2.63. The summed E-state index contributed by atoms with van der Waals surface area (Å²) in [6, 6.07) is 9.03. The van der Waals surface area contributed by atoms with E-state index in [1.807, 2.05) is 6.08 Å². The van der Waals surface area contributed by atoms with Crippen molar-refractivity contribution in [3.05, 3.63) is 76.6 Å². The number of hydrogen-bond donors (Lipinski definition) is 1. The zero-order valence-corrected chi connectivity index (χ0v) is 20.3. The van der Waals surface area contributed by atoms with Gasteiger partial charge in [-0.2, -0.15) is 9.40 Å². The Balaban J connectivity index is 1.50. The van der Waals surface area contributed by atoms with E-state index >= 15 is 0 Å². The molecule has 2 aromatic heterocycles. The number of pyridine rings is 1. The molecule has 0 bridgehead atoms. The number of sulfonamides is 1. The number of halogens is 2. The molecule has 2 aliphatic rings. The third-order valence-electron chi connectivity index (χ3n) is 6.54. The van der Waals surface area contributed by atoms with Crippen molar-refractivity contribution in [2.45, 2.75) is 17.7 Å². The maximum Gasteiger partial charge on any atom is 0.244 e.